The highest BCUT2D eigenvalue weighted by atomic mass is 16.5. The number of carboxylic acids is 1. The molecule has 2 aromatic carbocycles. The summed E-state index contributed by atoms with van der Waals surface area (Å²) in [5.74, 6) is -0.733. The molecule has 5 nitrogen and oxygen atoms in total. The van der Waals surface area contributed by atoms with Gasteiger partial charge in [-0.15, -0.1) is 0 Å². The van der Waals surface area contributed by atoms with Crippen molar-refractivity contribution < 1.29 is 24.2 Å². The van der Waals surface area contributed by atoms with Crippen LogP contribution < -0.4 is 4.74 Å². The smallest absolute Gasteiger partial charge is 0.338 e. The lowest BCUT2D eigenvalue weighted by Gasteiger charge is -2.29. The third-order valence-electron chi connectivity index (χ3n) is 8.38. The summed E-state index contributed by atoms with van der Waals surface area (Å²) < 4.78 is 11.7. The summed E-state index contributed by atoms with van der Waals surface area (Å²) >= 11 is 0. The Morgan fingerprint density at radius 3 is 2.00 bits per heavy atom. The first kappa shape index (κ1) is 34.2. The standard InChI is InChI=1S/C38H52O5/c1-4-6-8-10-12-14-18-30(3)43-36(39)34-19-15-16-20-35(34)38(37(40)41)27-25-32(26-28-38)31-21-23-33(24-22-31)42-29-17-13-11-9-7-5-2/h15-16,19-28,30,32H,4-14,17-18,29H2,1-3H3,(H,40,41). The summed E-state index contributed by atoms with van der Waals surface area (Å²) in [7, 11) is 0. The van der Waals surface area contributed by atoms with Crippen LogP contribution in [0.3, 0.4) is 0 Å². The van der Waals surface area contributed by atoms with Crippen molar-refractivity contribution in [3.05, 3.63) is 89.5 Å². The molecule has 2 aromatic rings. The molecule has 1 aliphatic rings. The SMILES string of the molecule is CCCCCCCCOc1ccc(C2C=CC(C(=O)O)(c3ccccc3C(=O)OC(C)CCCCCCCC)C=C2)cc1. The molecule has 0 saturated heterocycles. The average molecular weight is 589 g/mol. The fraction of sp³-hybridized carbons (Fsp3) is 0.526. The van der Waals surface area contributed by atoms with Crippen molar-refractivity contribution in [1.29, 1.82) is 0 Å². The van der Waals surface area contributed by atoms with Gasteiger partial charge in [0.05, 0.1) is 18.3 Å². The molecule has 0 amide bonds. The van der Waals surface area contributed by atoms with E-state index in [0.717, 1.165) is 43.6 Å². The third kappa shape index (κ3) is 10.4. The van der Waals surface area contributed by atoms with Crippen LogP contribution in [0.2, 0.25) is 0 Å². The van der Waals surface area contributed by atoms with Crippen LogP contribution in [0, 0.1) is 0 Å². The highest BCUT2D eigenvalue weighted by Crippen LogP contribution is 2.38. The van der Waals surface area contributed by atoms with Crippen LogP contribution >= 0.6 is 0 Å². The zero-order chi connectivity index (χ0) is 30.9. The minimum atomic E-state index is -1.45. The number of hydrogen-bond donors (Lipinski definition) is 1. The summed E-state index contributed by atoms with van der Waals surface area (Å²) in [6.07, 6.45) is 22.2. The Balaban J connectivity index is 1.61. The Labute approximate surface area is 259 Å². The molecule has 0 aromatic heterocycles. The number of rotatable bonds is 20. The Bertz CT molecular complexity index is 1170. The minimum absolute atomic E-state index is 0.0726. The molecular formula is C38H52O5. The van der Waals surface area contributed by atoms with E-state index in [1.165, 1.54) is 57.8 Å². The molecule has 0 saturated carbocycles. The molecule has 234 valence electrons. The fourth-order valence-electron chi connectivity index (χ4n) is 5.69. The molecule has 3 rings (SSSR count). The summed E-state index contributed by atoms with van der Waals surface area (Å²) in [5.41, 5.74) is 0.312. The van der Waals surface area contributed by atoms with Crippen molar-refractivity contribution >= 4 is 11.9 Å². The molecule has 43 heavy (non-hydrogen) atoms. The van der Waals surface area contributed by atoms with Gasteiger partial charge < -0.3 is 14.6 Å². The van der Waals surface area contributed by atoms with E-state index >= 15 is 0 Å². The average Bonchev–Trinajstić information content (AvgIpc) is 3.02. The molecule has 0 fully saturated rings. The van der Waals surface area contributed by atoms with Gasteiger partial charge in [-0.25, -0.2) is 4.79 Å². The monoisotopic (exact) mass is 588 g/mol. The molecule has 1 atom stereocenters. The van der Waals surface area contributed by atoms with Crippen molar-refractivity contribution in [3.8, 4) is 5.75 Å². The molecule has 1 N–H and O–H groups in total. The number of carboxylic acid groups (broad SMARTS) is 1. The van der Waals surface area contributed by atoms with Gasteiger partial charge in [0.25, 0.3) is 0 Å². The van der Waals surface area contributed by atoms with E-state index in [4.69, 9.17) is 9.47 Å². The van der Waals surface area contributed by atoms with Gasteiger partial charge in [-0.2, -0.15) is 0 Å². The number of esters is 1. The normalized spacial score (nSPS) is 18.3. The summed E-state index contributed by atoms with van der Waals surface area (Å²) in [4.78, 5) is 26.0. The fourth-order valence-corrected chi connectivity index (χ4v) is 5.69. The molecule has 0 radical (unpaired) electrons. The second-order valence-corrected chi connectivity index (χ2v) is 11.9. The number of carbonyl (C=O) groups excluding carboxylic acids is 1. The van der Waals surface area contributed by atoms with E-state index in [9.17, 15) is 14.7 Å². The lowest BCUT2D eigenvalue weighted by Crippen LogP contribution is -2.35. The quantitative estimate of drug-likeness (QED) is 0.0946. The van der Waals surface area contributed by atoms with E-state index in [2.05, 4.69) is 13.8 Å². The van der Waals surface area contributed by atoms with Crippen LogP contribution in [-0.2, 0) is 14.9 Å². The molecule has 0 spiro atoms. The number of unbranched alkanes of at least 4 members (excludes halogenated alkanes) is 10. The largest absolute Gasteiger partial charge is 0.494 e. The van der Waals surface area contributed by atoms with Crippen LogP contribution in [-0.4, -0.2) is 29.8 Å². The maximum atomic E-state index is 13.3. The zero-order valence-corrected chi connectivity index (χ0v) is 26.6. The third-order valence-corrected chi connectivity index (χ3v) is 8.38. The predicted molar refractivity (Wildman–Crippen MR) is 175 cm³/mol. The van der Waals surface area contributed by atoms with Crippen molar-refractivity contribution in [2.45, 2.75) is 122 Å². The van der Waals surface area contributed by atoms with Crippen LogP contribution in [0.25, 0.3) is 0 Å². The second-order valence-electron chi connectivity index (χ2n) is 11.9. The Kier molecular flexibility index (Phi) is 14.6. The van der Waals surface area contributed by atoms with Gasteiger partial charge in [0.2, 0.25) is 0 Å². The Hall–Kier alpha value is -3.34. The number of aliphatic carboxylic acids is 1. The van der Waals surface area contributed by atoms with E-state index in [0.29, 0.717) is 11.1 Å². The topological polar surface area (TPSA) is 72.8 Å². The molecule has 0 aliphatic heterocycles. The van der Waals surface area contributed by atoms with Crippen LogP contribution in [0.4, 0.5) is 0 Å². The van der Waals surface area contributed by atoms with Gasteiger partial charge in [-0.05, 0) is 55.5 Å². The zero-order valence-electron chi connectivity index (χ0n) is 26.6. The molecule has 5 heteroatoms. The van der Waals surface area contributed by atoms with Crippen LogP contribution in [0.1, 0.15) is 132 Å². The van der Waals surface area contributed by atoms with E-state index in [1.54, 1.807) is 36.4 Å². The number of benzene rings is 2. The maximum Gasteiger partial charge on any atom is 0.338 e. The van der Waals surface area contributed by atoms with E-state index < -0.39 is 17.4 Å². The number of hydrogen-bond acceptors (Lipinski definition) is 4. The summed E-state index contributed by atoms with van der Waals surface area (Å²) in [6.45, 7) is 7.06. The van der Waals surface area contributed by atoms with Gasteiger partial charge in [0.1, 0.15) is 11.2 Å². The maximum absolute atomic E-state index is 13.3. The van der Waals surface area contributed by atoms with Crippen LogP contribution in [0.5, 0.6) is 5.75 Å². The molecule has 1 aliphatic carbocycles. The van der Waals surface area contributed by atoms with Gasteiger partial charge in [-0.3, -0.25) is 4.79 Å². The number of carbonyl (C=O) groups is 2. The van der Waals surface area contributed by atoms with Crippen molar-refractivity contribution in [1.82, 2.24) is 0 Å². The van der Waals surface area contributed by atoms with Crippen molar-refractivity contribution in [3.63, 3.8) is 0 Å². The molecule has 0 heterocycles. The highest BCUT2D eigenvalue weighted by molar-refractivity contribution is 5.97. The first-order chi connectivity index (χ1) is 20.9. The van der Waals surface area contributed by atoms with Gasteiger partial charge >= 0.3 is 11.9 Å². The van der Waals surface area contributed by atoms with Crippen LogP contribution in [0.15, 0.2) is 72.8 Å². The second kappa shape index (κ2) is 18.4. The first-order valence-electron chi connectivity index (χ1n) is 16.6. The van der Waals surface area contributed by atoms with Gasteiger partial charge in [0, 0.05) is 5.92 Å². The Morgan fingerprint density at radius 1 is 0.791 bits per heavy atom. The van der Waals surface area contributed by atoms with Crippen molar-refractivity contribution in [2.24, 2.45) is 0 Å². The predicted octanol–water partition coefficient (Wildman–Crippen LogP) is 9.95. The molecule has 1 unspecified atom stereocenters. The van der Waals surface area contributed by atoms with Gasteiger partial charge in [0.15, 0.2) is 0 Å². The van der Waals surface area contributed by atoms with Crippen molar-refractivity contribution in [2.75, 3.05) is 6.61 Å². The number of ether oxygens (including phenoxy) is 2. The van der Waals surface area contributed by atoms with Gasteiger partial charge in [-0.1, -0.05) is 133 Å². The van der Waals surface area contributed by atoms with E-state index in [1.807, 2.05) is 43.3 Å². The lowest BCUT2D eigenvalue weighted by atomic mass is 9.73. The Morgan fingerprint density at radius 2 is 1.37 bits per heavy atom. The number of allylic oxidation sites excluding steroid dienone is 2. The van der Waals surface area contributed by atoms with E-state index in [-0.39, 0.29) is 12.0 Å². The lowest BCUT2D eigenvalue weighted by molar-refractivity contribution is -0.140. The highest BCUT2D eigenvalue weighted by Gasteiger charge is 2.40. The summed E-state index contributed by atoms with van der Waals surface area (Å²) in [6, 6.07) is 14.9. The molecule has 0 bridgehead atoms. The summed E-state index contributed by atoms with van der Waals surface area (Å²) in [5, 5.41) is 10.4. The first-order valence-corrected chi connectivity index (χ1v) is 16.6. The minimum Gasteiger partial charge on any atom is -0.494 e. The molecular weight excluding hydrogens is 536 g/mol.